The van der Waals surface area contributed by atoms with Gasteiger partial charge in [0, 0.05) is 11.1 Å². The Morgan fingerprint density at radius 2 is 1.69 bits per heavy atom. The first kappa shape index (κ1) is 18.6. The highest BCUT2D eigenvalue weighted by atomic mass is 19.4. The number of alkyl halides is 3. The largest absolute Gasteiger partial charge is 0.417 e. The molecule has 2 heterocycles. The van der Waals surface area contributed by atoms with E-state index < -0.39 is 11.7 Å². The topological polar surface area (TPSA) is 79.4 Å². The van der Waals surface area contributed by atoms with Crippen LogP contribution >= 0.6 is 0 Å². The Morgan fingerprint density at radius 1 is 0.931 bits per heavy atom. The first-order valence-electron chi connectivity index (χ1n) is 8.70. The van der Waals surface area contributed by atoms with Gasteiger partial charge in [-0.05, 0) is 12.1 Å². The normalized spacial score (nSPS) is 11.4. The van der Waals surface area contributed by atoms with Gasteiger partial charge in [0.05, 0.1) is 35.4 Å². The number of hydrogen-bond donors (Lipinski definition) is 2. The van der Waals surface area contributed by atoms with E-state index in [4.69, 9.17) is 0 Å². The molecule has 2 N–H and O–H groups in total. The molecule has 4 aromatic rings. The minimum atomic E-state index is -4.49. The molecule has 29 heavy (non-hydrogen) atoms. The third kappa shape index (κ3) is 4.23. The highest BCUT2D eigenvalue weighted by Crippen LogP contribution is 2.36. The Balaban J connectivity index is 1.52. The van der Waals surface area contributed by atoms with E-state index in [0.29, 0.717) is 6.54 Å². The van der Waals surface area contributed by atoms with Crippen molar-refractivity contribution in [1.29, 1.82) is 0 Å². The smallest absolute Gasteiger partial charge is 0.347 e. The van der Waals surface area contributed by atoms with Crippen LogP contribution in [0.4, 0.5) is 19.1 Å². The average Bonchev–Trinajstić information content (AvgIpc) is 3.22. The summed E-state index contributed by atoms with van der Waals surface area (Å²) in [4.78, 5) is 4.18. The molecule has 2 aromatic heterocycles. The van der Waals surface area contributed by atoms with Crippen molar-refractivity contribution in [3.63, 3.8) is 0 Å². The molecule has 0 spiro atoms. The average molecular weight is 396 g/mol. The van der Waals surface area contributed by atoms with Gasteiger partial charge in [-0.25, -0.2) is 4.98 Å². The van der Waals surface area contributed by atoms with Gasteiger partial charge in [-0.1, -0.05) is 48.5 Å². The predicted octanol–water partition coefficient (Wildman–Crippen LogP) is 4.56. The van der Waals surface area contributed by atoms with Crippen LogP contribution in [0.15, 0.2) is 66.9 Å². The molecule has 0 amide bonds. The maximum Gasteiger partial charge on any atom is 0.417 e. The van der Waals surface area contributed by atoms with E-state index in [2.05, 4.69) is 30.7 Å². The number of nitrogens with one attached hydrogen (secondary N) is 2. The lowest BCUT2D eigenvalue weighted by molar-refractivity contribution is -0.137. The van der Waals surface area contributed by atoms with Crippen LogP contribution in [-0.4, -0.2) is 25.4 Å². The number of benzene rings is 2. The molecule has 0 radical (unpaired) electrons. The van der Waals surface area contributed by atoms with E-state index in [0.717, 1.165) is 23.0 Å². The van der Waals surface area contributed by atoms with Crippen molar-refractivity contribution in [1.82, 2.24) is 25.4 Å². The van der Waals surface area contributed by atoms with Crippen molar-refractivity contribution in [3.8, 4) is 22.5 Å². The van der Waals surface area contributed by atoms with Gasteiger partial charge in [0.1, 0.15) is 0 Å². The van der Waals surface area contributed by atoms with Gasteiger partial charge in [-0.3, -0.25) is 5.10 Å². The molecule has 0 saturated carbocycles. The zero-order valence-electron chi connectivity index (χ0n) is 15.0. The molecule has 2 aromatic carbocycles. The van der Waals surface area contributed by atoms with Crippen LogP contribution in [0, 0.1) is 0 Å². The van der Waals surface area contributed by atoms with Gasteiger partial charge in [-0.15, -0.1) is 5.10 Å². The number of H-pyrrole nitrogens is 1. The summed E-state index contributed by atoms with van der Waals surface area (Å²) in [7, 11) is 0. The number of halogens is 3. The van der Waals surface area contributed by atoms with Crippen LogP contribution in [0.5, 0.6) is 0 Å². The molecule has 0 unspecified atom stereocenters. The van der Waals surface area contributed by atoms with Crippen molar-refractivity contribution < 1.29 is 13.2 Å². The van der Waals surface area contributed by atoms with Gasteiger partial charge in [-0.2, -0.15) is 23.4 Å². The lowest BCUT2D eigenvalue weighted by Gasteiger charge is -2.12. The van der Waals surface area contributed by atoms with Crippen molar-refractivity contribution in [2.45, 2.75) is 12.7 Å². The zero-order valence-corrected chi connectivity index (χ0v) is 15.0. The summed E-state index contributed by atoms with van der Waals surface area (Å²) >= 11 is 0. The van der Waals surface area contributed by atoms with Crippen LogP contribution < -0.4 is 5.32 Å². The second-order valence-corrected chi connectivity index (χ2v) is 6.21. The highest BCUT2D eigenvalue weighted by Gasteiger charge is 2.33. The van der Waals surface area contributed by atoms with E-state index in [-0.39, 0.29) is 17.2 Å². The first-order chi connectivity index (χ1) is 14.0. The molecule has 0 fully saturated rings. The fourth-order valence-electron chi connectivity index (χ4n) is 2.85. The highest BCUT2D eigenvalue weighted by molar-refractivity contribution is 5.64. The van der Waals surface area contributed by atoms with Gasteiger partial charge >= 0.3 is 6.18 Å². The van der Waals surface area contributed by atoms with Crippen LogP contribution in [0.2, 0.25) is 0 Å². The molecular weight excluding hydrogens is 381 g/mol. The molecule has 0 bridgehead atoms. The van der Waals surface area contributed by atoms with Gasteiger partial charge < -0.3 is 5.32 Å². The second-order valence-electron chi connectivity index (χ2n) is 6.21. The molecule has 0 aliphatic heterocycles. The molecule has 0 aliphatic rings. The van der Waals surface area contributed by atoms with Crippen LogP contribution in [-0.2, 0) is 12.7 Å². The lowest BCUT2D eigenvalue weighted by Crippen LogP contribution is -2.09. The maximum absolute atomic E-state index is 13.3. The Hall–Kier alpha value is -3.75. The first-order valence-corrected chi connectivity index (χ1v) is 8.70. The summed E-state index contributed by atoms with van der Waals surface area (Å²) in [5.74, 6) is 0.121. The number of anilines is 1. The van der Waals surface area contributed by atoms with E-state index in [9.17, 15) is 13.2 Å². The van der Waals surface area contributed by atoms with Crippen molar-refractivity contribution in [3.05, 3.63) is 78.1 Å². The van der Waals surface area contributed by atoms with Gasteiger partial charge in [0.15, 0.2) is 0 Å². The number of nitrogens with zero attached hydrogens (tertiary/aromatic N) is 4. The van der Waals surface area contributed by atoms with Crippen molar-refractivity contribution in [2.24, 2.45) is 0 Å². The van der Waals surface area contributed by atoms with E-state index >= 15 is 0 Å². The third-order valence-corrected chi connectivity index (χ3v) is 4.20. The van der Waals surface area contributed by atoms with Gasteiger partial charge in [0.25, 0.3) is 0 Å². The monoisotopic (exact) mass is 396 g/mol. The van der Waals surface area contributed by atoms with E-state index in [1.165, 1.54) is 24.4 Å². The predicted molar refractivity (Wildman–Crippen MR) is 102 cm³/mol. The second kappa shape index (κ2) is 7.70. The minimum absolute atomic E-state index is 0.0501. The fourth-order valence-corrected chi connectivity index (χ4v) is 2.85. The summed E-state index contributed by atoms with van der Waals surface area (Å²) in [6, 6.07) is 16.8. The molecule has 0 aliphatic carbocycles. The number of hydrogen-bond acceptors (Lipinski definition) is 5. The van der Waals surface area contributed by atoms with Crippen LogP contribution in [0.25, 0.3) is 22.5 Å². The molecule has 6 nitrogen and oxygen atoms in total. The lowest BCUT2D eigenvalue weighted by atomic mass is 10.0. The molecule has 146 valence electrons. The summed E-state index contributed by atoms with van der Waals surface area (Å²) < 4.78 is 39.8. The summed E-state index contributed by atoms with van der Waals surface area (Å²) in [5.41, 5.74) is 1.80. The number of rotatable bonds is 5. The van der Waals surface area contributed by atoms with Gasteiger partial charge in [0.2, 0.25) is 5.95 Å². The quantitative estimate of drug-likeness (QED) is 0.517. The molecule has 0 atom stereocenters. The van der Waals surface area contributed by atoms with Crippen molar-refractivity contribution in [2.75, 3.05) is 5.32 Å². The standard InChI is InChI=1S/C20H15F3N6/c21-20(22,23)16-9-5-4-8-15(16)18-12-25-29-19(26-18)24-11-14-10-17(28-27-14)13-6-2-1-3-7-13/h1-10,12H,11H2,(H,27,28)(H,24,26,29). The fraction of sp³-hybridized carbons (Fsp3) is 0.100. The van der Waals surface area contributed by atoms with E-state index in [1.807, 2.05) is 36.4 Å². The summed E-state index contributed by atoms with van der Waals surface area (Å²) in [5, 5.41) is 17.8. The Bertz CT molecular complexity index is 1110. The third-order valence-electron chi connectivity index (χ3n) is 4.20. The molecule has 0 saturated heterocycles. The number of aromatic amines is 1. The number of aromatic nitrogens is 5. The Kier molecular flexibility index (Phi) is 4.94. The Labute approximate surface area is 163 Å². The minimum Gasteiger partial charge on any atom is -0.347 e. The molecule has 4 rings (SSSR count). The zero-order chi connectivity index (χ0) is 20.3. The summed E-state index contributed by atoms with van der Waals surface area (Å²) in [6.07, 6.45) is -3.28. The molecular formula is C20H15F3N6. The Morgan fingerprint density at radius 3 is 2.48 bits per heavy atom. The van der Waals surface area contributed by atoms with Crippen LogP contribution in [0.3, 0.4) is 0 Å². The maximum atomic E-state index is 13.3. The van der Waals surface area contributed by atoms with Crippen molar-refractivity contribution >= 4 is 5.95 Å². The SMILES string of the molecule is FC(F)(F)c1ccccc1-c1cnnc(NCc2cc(-c3ccccc3)n[nH]2)n1. The summed E-state index contributed by atoms with van der Waals surface area (Å²) in [6.45, 7) is 0.311. The van der Waals surface area contributed by atoms with Crippen LogP contribution in [0.1, 0.15) is 11.3 Å². The molecule has 9 heteroatoms. The van der Waals surface area contributed by atoms with E-state index in [1.54, 1.807) is 0 Å².